The van der Waals surface area contributed by atoms with Crippen molar-refractivity contribution in [2.24, 2.45) is 11.7 Å². The SMILES string of the molecule is CC(C)CC(CN)NC(=O)c1cc(Oc2ccccc2)ccn1. The van der Waals surface area contributed by atoms with Crippen LogP contribution >= 0.6 is 0 Å². The number of benzene rings is 1. The first kappa shape index (κ1) is 17.0. The summed E-state index contributed by atoms with van der Waals surface area (Å²) in [5.41, 5.74) is 6.04. The van der Waals surface area contributed by atoms with Gasteiger partial charge in [-0.05, 0) is 30.5 Å². The molecular formula is C18H23N3O2. The van der Waals surface area contributed by atoms with Gasteiger partial charge < -0.3 is 15.8 Å². The van der Waals surface area contributed by atoms with E-state index in [1.54, 1.807) is 18.3 Å². The van der Waals surface area contributed by atoms with E-state index in [0.29, 0.717) is 29.7 Å². The number of amides is 1. The predicted molar refractivity (Wildman–Crippen MR) is 90.5 cm³/mol. The number of hydrogen-bond donors (Lipinski definition) is 2. The molecule has 1 heterocycles. The predicted octanol–water partition coefficient (Wildman–Crippen LogP) is 2.98. The van der Waals surface area contributed by atoms with Crippen LogP contribution in [0.25, 0.3) is 0 Å². The molecule has 1 atom stereocenters. The highest BCUT2D eigenvalue weighted by molar-refractivity contribution is 5.92. The number of nitrogens with two attached hydrogens (primary N) is 1. The molecule has 0 aliphatic rings. The second-order valence-electron chi connectivity index (χ2n) is 5.83. The molecule has 0 saturated heterocycles. The Labute approximate surface area is 136 Å². The summed E-state index contributed by atoms with van der Waals surface area (Å²) in [4.78, 5) is 16.4. The van der Waals surface area contributed by atoms with Crippen LogP contribution in [-0.2, 0) is 0 Å². The van der Waals surface area contributed by atoms with E-state index in [2.05, 4.69) is 24.1 Å². The van der Waals surface area contributed by atoms with Gasteiger partial charge in [-0.3, -0.25) is 9.78 Å². The van der Waals surface area contributed by atoms with Crippen LogP contribution < -0.4 is 15.8 Å². The van der Waals surface area contributed by atoms with E-state index in [1.807, 2.05) is 30.3 Å². The van der Waals surface area contributed by atoms with Crippen LogP contribution in [0.3, 0.4) is 0 Å². The second-order valence-corrected chi connectivity index (χ2v) is 5.83. The lowest BCUT2D eigenvalue weighted by atomic mass is 10.0. The van der Waals surface area contributed by atoms with Gasteiger partial charge in [-0.25, -0.2) is 0 Å². The molecule has 0 aliphatic carbocycles. The molecule has 0 bridgehead atoms. The standard InChI is InChI=1S/C18H23N3O2/c1-13(2)10-14(12-19)21-18(22)17-11-16(8-9-20-17)23-15-6-4-3-5-7-15/h3-9,11,13-14H,10,12,19H2,1-2H3,(H,21,22). The van der Waals surface area contributed by atoms with Gasteiger partial charge in [0.05, 0.1) is 0 Å². The molecule has 0 saturated carbocycles. The van der Waals surface area contributed by atoms with Crippen molar-refractivity contribution < 1.29 is 9.53 Å². The molecule has 0 spiro atoms. The minimum absolute atomic E-state index is 0.0528. The molecule has 23 heavy (non-hydrogen) atoms. The average Bonchev–Trinajstić information content (AvgIpc) is 2.55. The number of ether oxygens (including phenoxy) is 1. The van der Waals surface area contributed by atoms with Gasteiger partial charge in [0.15, 0.2) is 0 Å². The maximum absolute atomic E-state index is 12.3. The van der Waals surface area contributed by atoms with Crippen molar-refractivity contribution in [3.05, 3.63) is 54.4 Å². The van der Waals surface area contributed by atoms with Crippen LogP contribution in [0.15, 0.2) is 48.7 Å². The van der Waals surface area contributed by atoms with E-state index >= 15 is 0 Å². The topological polar surface area (TPSA) is 77.2 Å². The van der Waals surface area contributed by atoms with Gasteiger partial charge in [0.1, 0.15) is 17.2 Å². The highest BCUT2D eigenvalue weighted by atomic mass is 16.5. The summed E-state index contributed by atoms with van der Waals surface area (Å²) < 4.78 is 5.72. The molecule has 1 unspecified atom stereocenters. The molecule has 1 amide bonds. The molecule has 0 aliphatic heterocycles. The van der Waals surface area contributed by atoms with E-state index in [0.717, 1.165) is 6.42 Å². The van der Waals surface area contributed by atoms with Crippen LogP contribution in [0.1, 0.15) is 30.8 Å². The minimum atomic E-state index is -0.236. The molecule has 1 aromatic carbocycles. The summed E-state index contributed by atoms with van der Waals surface area (Å²) in [5, 5.41) is 2.92. The normalized spacial score (nSPS) is 12.0. The Kier molecular flexibility index (Phi) is 6.11. The van der Waals surface area contributed by atoms with Gasteiger partial charge in [-0.1, -0.05) is 32.0 Å². The van der Waals surface area contributed by atoms with Crippen molar-refractivity contribution in [3.8, 4) is 11.5 Å². The zero-order valence-electron chi connectivity index (χ0n) is 13.5. The highest BCUT2D eigenvalue weighted by Gasteiger charge is 2.15. The quantitative estimate of drug-likeness (QED) is 0.824. The molecule has 5 nitrogen and oxygen atoms in total. The molecule has 2 rings (SSSR count). The lowest BCUT2D eigenvalue weighted by Crippen LogP contribution is -2.41. The number of rotatable bonds is 7. The number of aromatic nitrogens is 1. The van der Waals surface area contributed by atoms with Crippen molar-refractivity contribution in [2.45, 2.75) is 26.3 Å². The Balaban J connectivity index is 2.05. The van der Waals surface area contributed by atoms with Crippen molar-refractivity contribution >= 4 is 5.91 Å². The fourth-order valence-electron chi connectivity index (χ4n) is 2.27. The van der Waals surface area contributed by atoms with Gasteiger partial charge in [0, 0.05) is 24.8 Å². The first-order chi connectivity index (χ1) is 11.1. The first-order valence-corrected chi connectivity index (χ1v) is 7.78. The third-order valence-corrected chi connectivity index (χ3v) is 3.32. The lowest BCUT2D eigenvalue weighted by molar-refractivity contribution is 0.0928. The van der Waals surface area contributed by atoms with Gasteiger partial charge in [-0.15, -0.1) is 0 Å². The Hall–Kier alpha value is -2.40. The summed E-state index contributed by atoms with van der Waals surface area (Å²) in [6.07, 6.45) is 2.40. The molecule has 3 N–H and O–H groups in total. The molecule has 1 aromatic heterocycles. The average molecular weight is 313 g/mol. The first-order valence-electron chi connectivity index (χ1n) is 7.78. The Morgan fingerprint density at radius 2 is 1.96 bits per heavy atom. The molecular weight excluding hydrogens is 290 g/mol. The molecule has 5 heteroatoms. The summed E-state index contributed by atoms with van der Waals surface area (Å²) in [5.74, 6) is 1.51. The van der Waals surface area contributed by atoms with Crippen LogP contribution in [0.4, 0.5) is 0 Å². The highest BCUT2D eigenvalue weighted by Crippen LogP contribution is 2.20. The summed E-state index contributed by atoms with van der Waals surface area (Å²) in [6, 6.07) is 12.7. The summed E-state index contributed by atoms with van der Waals surface area (Å²) in [6.45, 7) is 4.60. The molecule has 2 aromatic rings. The minimum Gasteiger partial charge on any atom is -0.457 e. The van der Waals surface area contributed by atoms with E-state index in [-0.39, 0.29) is 11.9 Å². The van der Waals surface area contributed by atoms with Crippen molar-refractivity contribution in [3.63, 3.8) is 0 Å². The smallest absolute Gasteiger partial charge is 0.270 e. The largest absolute Gasteiger partial charge is 0.457 e. The number of carbonyl (C=O) groups is 1. The van der Waals surface area contributed by atoms with Crippen molar-refractivity contribution in [2.75, 3.05) is 6.54 Å². The van der Waals surface area contributed by atoms with E-state index in [1.165, 1.54) is 0 Å². The van der Waals surface area contributed by atoms with Crippen LogP contribution in [-0.4, -0.2) is 23.5 Å². The third-order valence-electron chi connectivity index (χ3n) is 3.32. The van der Waals surface area contributed by atoms with E-state index in [4.69, 9.17) is 10.5 Å². The Bertz CT molecular complexity index is 629. The summed E-state index contributed by atoms with van der Waals surface area (Å²) >= 11 is 0. The Morgan fingerprint density at radius 1 is 1.22 bits per heavy atom. The molecule has 0 radical (unpaired) electrons. The lowest BCUT2D eigenvalue weighted by Gasteiger charge is -2.18. The fraction of sp³-hybridized carbons (Fsp3) is 0.333. The summed E-state index contributed by atoms with van der Waals surface area (Å²) in [7, 11) is 0. The maximum Gasteiger partial charge on any atom is 0.270 e. The monoisotopic (exact) mass is 313 g/mol. The number of carbonyl (C=O) groups excluding carboxylic acids is 1. The molecule has 122 valence electrons. The van der Waals surface area contributed by atoms with E-state index < -0.39 is 0 Å². The van der Waals surface area contributed by atoms with Crippen molar-refractivity contribution in [1.82, 2.24) is 10.3 Å². The number of para-hydroxylation sites is 1. The zero-order chi connectivity index (χ0) is 16.7. The van der Waals surface area contributed by atoms with Crippen LogP contribution in [0.2, 0.25) is 0 Å². The third kappa shape index (κ3) is 5.38. The number of nitrogens with zero attached hydrogens (tertiary/aromatic N) is 1. The van der Waals surface area contributed by atoms with Crippen LogP contribution in [0, 0.1) is 5.92 Å². The van der Waals surface area contributed by atoms with E-state index in [9.17, 15) is 4.79 Å². The number of hydrogen-bond acceptors (Lipinski definition) is 4. The fourth-order valence-corrected chi connectivity index (χ4v) is 2.27. The number of pyridine rings is 1. The maximum atomic E-state index is 12.3. The van der Waals surface area contributed by atoms with Gasteiger partial charge >= 0.3 is 0 Å². The van der Waals surface area contributed by atoms with Crippen LogP contribution in [0.5, 0.6) is 11.5 Å². The second kappa shape index (κ2) is 8.29. The van der Waals surface area contributed by atoms with Gasteiger partial charge in [-0.2, -0.15) is 0 Å². The number of nitrogens with one attached hydrogen (secondary N) is 1. The van der Waals surface area contributed by atoms with Crippen molar-refractivity contribution in [1.29, 1.82) is 0 Å². The molecule has 0 fully saturated rings. The Morgan fingerprint density at radius 3 is 2.61 bits per heavy atom. The van der Waals surface area contributed by atoms with Gasteiger partial charge in [0.25, 0.3) is 5.91 Å². The van der Waals surface area contributed by atoms with Gasteiger partial charge in [0.2, 0.25) is 0 Å². The zero-order valence-corrected chi connectivity index (χ0v) is 13.5.